The average molecular weight is 465 g/mol. The lowest BCUT2D eigenvalue weighted by Gasteiger charge is -2.48. The van der Waals surface area contributed by atoms with Crippen molar-refractivity contribution >= 4 is 9.04 Å². The summed E-state index contributed by atoms with van der Waals surface area (Å²) in [6, 6.07) is 0. The minimum Gasteiger partial charge on any atom is -0.404 e. The van der Waals surface area contributed by atoms with Crippen molar-refractivity contribution in [1.29, 1.82) is 0 Å². The van der Waals surface area contributed by atoms with Crippen molar-refractivity contribution in [3.8, 4) is 11.8 Å². The van der Waals surface area contributed by atoms with E-state index in [0.29, 0.717) is 19.1 Å². The van der Waals surface area contributed by atoms with Gasteiger partial charge in [-0.05, 0) is 38.3 Å². The van der Waals surface area contributed by atoms with Crippen LogP contribution in [0.5, 0.6) is 0 Å². The fraction of sp³-hybridized carbons (Fsp3) is 0.926. The average Bonchev–Trinajstić information content (AvgIpc) is 3.29. The molecule has 3 aliphatic rings. The summed E-state index contributed by atoms with van der Waals surface area (Å²) in [6.07, 6.45) is 11.2. The Morgan fingerprint density at radius 1 is 1.03 bits per heavy atom. The Morgan fingerprint density at radius 3 is 2.25 bits per heavy atom. The normalized spacial score (nSPS) is 30.6. The van der Waals surface area contributed by atoms with Gasteiger partial charge in [-0.1, -0.05) is 78.1 Å². The molecule has 184 valence electrons. The number of hydrogen-bond donors (Lipinski definition) is 1. The van der Waals surface area contributed by atoms with Crippen molar-refractivity contribution in [3.05, 3.63) is 0 Å². The molecule has 1 N–H and O–H groups in total. The molecule has 0 aromatic rings. The number of aliphatic hydroxyl groups is 1. The monoisotopic (exact) mass is 464 g/mol. The van der Waals surface area contributed by atoms with Crippen molar-refractivity contribution < 1.29 is 19.0 Å². The number of aliphatic hydroxyl groups excluding tert-OH is 1. The molecule has 5 unspecified atom stereocenters. The van der Waals surface area contributed by atoms with E-state index in [1.54, 1.807) is 0 Å². The molecule has 0 radical (unpaired) electrons. The van der Waals surface area contributed by atoms with Crippen LogP contribution in [0.1, 0.15) is 91.9 Å². The summed E-state index contributed by atoms with van der Waals surface area (Å²) in [5.74, 6) is 7.49. The fourth-order valence-electron chi connectivity index (χ4n) is 6.04. The molecule has 2 saturated carbocycles. The first-order valence-corrected chi connectivity index (χ1v) is 16.1. The van der Waals surface area contributed by atoms with Gasteiger partial charge in [-0.3, -0.25) is 0 Å². The molecule has 0 bridgehead atoms. The summed E-state index contributed by atoms with van der Waals surface area (Å²) in [6.45, 7) is 14.9. The predicted molar refractivity (Wildman–Crippen MR) is 133 cm³/mol. The Hall–Kier alpha value is -0.383. The van der Waals surface area contributed by atoms with Gasteiger partial charge in [0.2, 0.25) is 0 Å². The smallest absolute Gasteiger partial charge is 0.173 e. The second kappa shape index (κ2) is 10.9. The summed E-state index contributed by atoms with van der Waals surface area (Å²) in [5, 5.41) is 10.9. The molecule has 1 spiro atoms. The van der Waals surface area contributed by atoms with Crippen molar-refractivity contribution in [2.75, 3.05) is 13.2 Å². The van der Waals surface area contributed by atoms with E-state index in [1.807, 2.05) is 0 Å². The van der Waals surface area contributed by atoms with Crippen molar-refractivity contribution in [2.45, 2.75) is 122 Å². The summed E-state index contributed by atoms with van der Waals surface area (Å²) in [5.41, 5.74) is -0.503. The Labute approximate surface area is 198 Å². The number of unbranched alkanes of at least 4 members (excludes halogenated alkanes) is 6. The molecule has 4 nitrogen and oxygen atoms in total. The highest BCUT2D eigenvalue weighted by Crippen LogP contribution is 2.59. The quantitative estimate of drug-likeness (QED) is 0.257. The Morgan fingerprint density at radius 2 is 1.66 bits per heavy atom. The second-order valence-electron chi connectivity index (χ2n) is 11.7. The standard InChI is InChI=1S/C27H48O4Si/c1-7-8-9-10-11-12-13-15-26(25(2,3)4,31-32(5)6)16-14-21-22-20-27(29-17-18-30-27)23(22)19-24(21)28/h21-24,28,32H,7-13,15,17-20H2,1-6H3. The van der Waals surface area contributed by atoms with E-state index >= 15 is 0 Å². The third-order valence-electron chi connectivity index (χ3n) is 7.97. The SMILES string of the molecule is CCCCCCCCCC(C#CC1C(O)CC2C1CC21OCCO1)(O[SiH](C)C)C(C)(C)C. The van der Waals surface area contributed by atoms with E-state index in [0.717, 1.165) is 25.7 Å². The largest absolute Gasteiger partial charge is 0.404 e. The van der Waals surface area contributed by atoms with Gasteiger partial charge in [-0.25, -0.2) is 0 Å². The van der Waals surface area contributed by atoms with Gasteiger partial charge in [0.05, 0.1) is 19.3 Å². The molecule has 0 amide bonds. The van der Waals surface area contributed by atoms with Crippen LogP contribution in [0.2, 0.25) is 13.1 Å². The maximum Gasteiger partial charge on any atom is 0.173 e. The number of hydrogen-bond acceptors (Lipinski definition) is 4. The van der Waals surface area contributed by atoms with Crippen molar-refractivity contribution in [3.63, 3.8) is 0 Å². The molecule has 2 aliphatic carbocycles. The van der Waals surface area contributed by atoms with Crippen LogP contribution >= 0.6 is 0 Å². The van der Waals surface area contributed by atoms with Crippen LogP contribution in [-0.4, -0.2) is 44.9 Å². The topological polar surface area (TPSA) is 47.9 Å². The minimum atomic E-state index is -1.29. The van der Waals surface area contributed by atoms with Gasteiger partial charge in [0.15, 0.2) is 14.8 Å². The van der Waals surface area contributed by atoms with Gasteiger partial charge < -0.3 is 19.0 Å². The zero-order valence-electron chi connectivity index (χ0n) is 21.5. The highest BCUT2D eigenvalue weighted by atomic mass is 28.3. The van der Waals surface area contributed by atoms with Gasteiger partial charge in [0, 0.05) is 23.7 Å². The van der Waals surface area contributed by atoms with Crippen LogP contribution in [0.4, 0.5) is 0 Å². The molecule has 1 saturated heterocycles. The minimum absolute atomic E-state index is 0.00613. The summed E-state index contributed by atoms with van der Waals surface area (Å²) in [4.78, 5) is 0. The van der Waals surface area contributed by atoms with E-state index in [4.69, 9.17) is 13.9 Å². The lowest BCUT2D eigenvalue weighted by atomic mass is 9.67. The summed E-state index contributed by atoms with van der Waals surface area (Å²) < 4.78 is 18.6. The van der Waals surface area contributed by atoms with Crippen molar-refractivity contribution in [2.24, 2.45) is 23.2 Å². The van der Waals surface area contributed by atoms with E-state index in [-0.39, 0.29) is 17.3 Å². The second-order valence-corrected chi connectivity index (χ2v) is 14.0. The third kappa shape index (κ3) is 5.63. The molecule has 3 rings (SSSR count). The highest BCUT2D eigenvalue weighted by molar-refractivity contribution is 6.48. The van der Waals surface area contributed by atoms with Crippen LogP contribution in [-0.2, 0) is 13.9 Å². The van der Waals surface area contributed by atoms with E-state index < -0.39 is 26.5 Å². The molecule has 5 atom stereocenters. The van der Waals surface area contributed by atoms with E-state index in [1.165, 1.54) is 38.5 Å². The zero-order chi connectivity index (χ0) is 23.4. The van der Waals surface area contributed by atoms with E-state index in [2.05, 4.69) is 52.6 Å². The van der Waals surface area contributed by atoms with Crippen LogP contribution in [0.3, 0.4) is 0 Å². The lowest BCUT2D eigenvalue weighted by molar-refractivity contribution is -0.270. The number of fused-ring (bicyclic) bond motifs is 2. The molecule has 32 heavy (non-hydrogen) atoms. The molecule has 1 heterocycles. The van der Waals surface area contributed by atoms with Crippen LogP contribution in [0, 0.1) is 35.0 Å². The number of ether oxygens (including phenoxy) is 2. The summed E-state index contributed by atoms with van der Waals surface area (Å²) >= 11 is 0. The fourth-order valence-corrected chi connectivity index (χ4v) is 7.38. The molecule has 0 aromatic carbocycles. The first-order chi connectivity index (χ1) is 15.1. The molecule has 3 fully saturated rings. The maximum atomic E-state index is 10.9. The van der Waals surface area contributed by atoms with Crippen LogP contribution in [0.25, 0.3) is 0 Å². The Balaban J connectivity index is 1.69. The van der Waals surface area contributed by atoms with Gasteiger partial charge >= 0.3 is 0 Å². The molecule has 5 heteroatoms. The number of rotatable bonds is 10. The molecular weight excluding hydrogens is 416 g/mol. The zero-order valence-corrected chi connectivity index (χ0v) is 22.7. The van der Waals surface area contributed by atoms with Crippen molar-refractivity contribution in [1.82, 2.24) is 0 Å². The predicted octanol–water partition coefficient (Wildman–Crippen LogP) is 5.68. The van der Waals surface area contributed by atoms with E-state index in [9.17, 15) is 5.11 Å². The first-order valence-electron chi connectivity index (χ1n) is 13.3. The Bertz CT molecular complexity index is 655. The lowest BCUT2D eigenvalue weighted by Crippen LogP contribution is -2.54. The Kier molecular flexibility index (Phi) is 8.94. The highest BCUT2D eigenvalue weighted by Gasteiger charge is 2.64. The molecular formula is C27H48O4Si. The third-order valence-corrected chi connectivity index (χ3v) is 8.84. The first kappa shape index (κ1) is 26.2. The van der Waals surface area contributed by atoms with Gasteiger partial charge in [0.25, 0.3) is 0 Å². The maximum absolute atomic E-state index is 10.9. The van der Waals surface area contributed by atoms with Crippen LogP contribution in [0.15, 0.2) is 0 Å². The molecule has 1 aliphatic heterocycles. The molecule has 0 aromatic heterocycles. The van der Waals surface area contributed by atoms with Crippen LogP contribution < -0.4 is 0 Å². The van der Waals surface area contributed by atoms with Gasteiger partial charge in [-0.2, -0.15) is 0 Å². The van der Waals surface area contributed by atoms with Gasteiger partial charge in [0.1, 0.15) is 5.60 Å². The van der Waals surface area contributed by atoms with Gasteiger partial charge in [-0.15, -0.1) is 0 Å². The summed E-state index contributed by atoms with van der Waals surface area (Å²) in [7, 11) is -1.29.